The largest absolute Gasteiger partial charge is 0.465 e. The Balaban J connectivity index is 2.21. The van der Waals surface area contributed by atoms with E-state index in [4.69, 9.17) is 14.2 Å². The number of esters is 2. The predicted octanol–water partition coefficient (Wildman–Crippen LogP) is 4.50. The second-order valence-electron chi connectivity index (χ2n) is 10.2. The lowest BCUT2D eigenvalue weighted by molar-refractivity contribution is -0.118. The van der Waals surface area contributed by atoms with Gasteiger partial charge in [0.1, 0.15) is 17.2 Å². The molecule has 0 saturated carbocycles. The quantitative estimate of drug-likeness (QED) is 0.426. The van der Waals surface area contributed by atoms with E-state index in [1.54, 1.807) is 90.1 Å². The van der Waals surface area contributed by atoms with Gasteiger partial charge in [-0.25, -0.2) is 14.4 Å². The van der Waals surface area contributed by atoms with E-state index in [1.165, 1.54) is 7.11 Å². The number of amides is 2. The molecule has 0 aromatic heterocycles. The molecule has 0 fully saturated rings. The second-order valence-corrected chi connectivity index (χ2v) is 10.2. The van der Waals surface area contributed by atoms with Crippen LogP contribution in [0.5, 0.6) is 0 Å². The van der Waals surface area contributed by atoms with Crippen LogP contribution >= 0.6 is 0 Å². The maximum absolute atomic E-state index is 13.1. The lowest BCUT2D eigenvalue weighted by Crippen LogP contribution is -2.47. The van der Waals surface area contributed by atoms with Gasteiger partial charge in [0.15, 0.2) is 0 Å². The molecule has 194 valence electrons. The van der Waals surface area contributed by atoms with Crippen LogP contribution in [0.2, 0.25) is 0 Å². The van der Waals surface area contributed by atoms with Crippen molar-refractivity contribution < 1.29 is 33.4 Å². The minimum Gasteiger partial charge on any atom is -0.465 e. The molecule has 2 aromatic rings. The highest BCUT2D eigenvalue weighted by Crippen LogP contribution is 2.16. The number of carbonyl (C=O) groups is 4. The van der Waals surface area contributed by atoms with E-state index in [0.29, 0.717) is 22.4 Å². The van der Waals surface area contributed by atoms with E-state index in [9.17, 15) is 19.2 Å². The SMILES string of the molecule is COC(=O)c1cccc(C[C@H](NC(=O)OC(C)(C)C)C(=O)Nc2ccc(C(=O)OC(C)(C)C)cc2)c1. The summed E-state index contributed by atoms with van der Waals surface area (Å²) in [5.41, 5.74) is 0.333. The van der Waals surface area contributed by atoms with Crippen molar-refractivity contribution in [2.45, 2.75) is 65.2 Å². The molecule has 0 spiro atoms. The Morgan fingerprint density at radius 1 is 0.806 bits per heavy atom. The van der Waals surface area contributed by atoms with Crippen molar-refractivity contribution >= 4 is 29.6 Å². The Labute approximate surface area is 211 Å². The van der Waals surface area contributed by atoms with Crippen molar-refractivity contribution in [3.05, 3.63) is 65.2 Å². The van der Waals surface area contributed by atoms with Crippen molar-refractivity contribution in [1.82, 2.24) is 5.32 Å². The van der Waals surface area contributed by atoms with E-state index in [-0.39, 0.29) is 6.42 Å². The molecule has 0 aliphatic carbocycles. The Kier molecular flexibility index (Phi) is 9.22. The Hall–Kier alpha value is -3.88. The summed E-state index contributed by atoms with van der Waals surface area (Å²) in [5, 5.41) is 5.34. The molecule has 36 heavy (non-hydrogen) atoms. The number of benzene rings is 2. The zero-order valence-electron chi connectivity index (χ0n) is 21.8. The van der Waals surface area contributed by atoms with Crippen molar-refractivity contribution in [2.75, 3.05) is 12.4 Å². The number of ether oxygens (including phenoxy) is 3. The third-order valence-corrected chi connectivity index (χ3v) is 4.58. The third-order valence-electron chi connectivity index (χ3n) is 4.58. The number of rotatable bonds is 7. The van der Waals surface area contributed by atoms with E-state index < -0.39 is 41.2 Å². The van der Waals surface area contributed by atoms with Crippen LogP contribution < -0.4 is 10.6 Å². The molecule has 0 aliphatic rings. The predicted molar refractivity (Wildman–Crippen MR) is 135 cm³/mol. The van der Waals surface area contributed by atoms with Gasteiger partial charge in [0.05, 0.1) is 18.2 Å². The highest BCUT2D eigenvalue weighted by atomic mass is 16.6. The average Bonchev–Trinajstić information content (AvgIpc) is 2.76. The smallest absolute Gasteiger partial charge is 0.408 e. The summed E-state index contributed by atoms with van der Waals surface area (Å²) in [5.74, 6) is -1.49. The number of hydrogen-bond donors (Lipinski definition) is 2. The van der Waals surface area contributed by atoms with Crippen LogP contribution in [0.1, 0.15) is 67.8 Å². The Morgan fingerprint density at radius 3 is 1.97 bits per heavy atom. The Morgan fingerprint density at radius 2 is 1.42 bits per heavy atom. The molecule has 9 nitrogen and oxygen atoms in total. The maximum atomic E-state index is 13.1. The molecule has 0 bridgehead atoms. The second kappa shape index (κ2) is 11.7. The van der Waals surface area contributed by atoms with Crippen LogP contribution in [0.4, 0.5) is 10.5 Å². The molecule has 9 heteroatoms. The van der Waals surface area contributed by atoms with Gasteiger partial charge in [-0.15, -0.1) is 0 Å². The topological polar surface area (TPSA) is 120 Å². The first-order chi connectivity index (χ1) is 16.7. The molecule has 0 aliphatic heterocycles. The summed E-state index contributed by atoms with van der Waals surface area (Å²) in [7, 11) is 1.28. The molecule has 2 aromatic carbocycles. The summed E-state index contributed by atoms with van der Waals surface area (Å²) in [6.07, 6.45) is -0.668. The van der Waals surface area contributed by atoms with Gasteiger partial charge < -0.3 is 24.8 Å². The van der Waals surface area contributed by atoms with Gasteiger partial charge in [-0.05, 0) is 83.5 Å². The van der Waals surface area contributed by atoms with Crippen molar-refractivity contribution in [1.29, 1.82) is 0 Å². The molecular weight excluding hydrogens is 464 g/mol. The zero-order chi connectivity index (χ0) is 27.1. The molecule has 0 radical (unpaired) electrons. The van der Waals surface area contributed by atoms with E-state index in [0.717, 1.165) is 0 Å². The van der Waals surface area contributed by atoms with Crippen molar-refractivity contribution in [2.24, 2.45) is 0 Å². The highest BCUT2D eigenvalue weighted by Gasteiger charge is 2.25. The molecular formula is C27H34N2O7. The third kappa shape index (κ3) is 9.40. The maximum Gasteiger partial charge on any atom is 0.408 e. The fourth-order valence-corrected chi connectivity index (χ4v) is 3.09. The number of alkyl carbamates (subject to hydrolysis) is 1. The van der Waals surface area contributed by atoms with E-state index in [1.807, 2.05) is 0 Å². The summed E-state index contributed by atoms with van der Waals surface area (Å²) < 4.78 is 15.4. The fourth-order valence-electron chi connectivity index (χ4n) is 3.09. The van der Waals surface area contributed by atoms with Gasteiger partial charge in [0.2, 0.25) is 5.91 Å². The van der Waals surface area contributed by atoms with Crippen LogP contribution in [0, 0.1) is 0 Å². The lowest BCUT2D eigenvalue weighted by atomic mass is 10.0. The normalized spacial score (nSPS) is 12.2. The molecule has 2 amide bonds. The fraction of sp³-hybridized carbons (Fsp3) is 0.407. The first-order valence-electron chi connectivity index (χ1n) is 11.5. The van der Waals surface area contributed by atoms with Gasteiger partial charge in [0.25, 0.3) is 0 Å². The molecule has 0 saturated heterocycles. The minimum atomic E-state index is -1.02. The first-order valence-corrected chi connectivity index (χ1v) is 11.5. The lowest BCUT2D eigenvalue weighted by Gasteiger charge is -2.23. The molecule has 1 atom stereocenters. The summed E-state index contributed by atoms with van der Waals surface area (Å²) >= 11 is 0. The number of hydrogen-bond acceptors (Lipinski definition) is 7. The van der Waals surface area contributed by atoms with Gasteiger partial charge in [-0.1, -0.05) is 12.1 Å². The first kappa shape index (κ1) is 28.4. The zero-order valence-corrected chi connectivity index (χ0v) is 21.8. The van der Waals surface area contributed by atoms with E-state index in [2.05, 4.69) is 10.6 Å². The van der Waals surface area contributed by atoms with Crippen LogP contribution in [0.15, 0.2) is 48.5 Å². The number of nitrogens with one attached hydrogen (secondary N) is 2. The molecule has 2 rings (SSSR count). The summed E-state index contributed by atoms with van der Waals surface area (Å²) in [6, 6.07) is 11.8. The average molecular weight is 499 g/mol. The van der Waals surface area contributed by atoms with Crippen LogP contribution in [-0.4, -0.2) is 48.3 Å². The summed E-state index contributed by atoms with van der Waals surface area (Å²) in [6.45, 7) is 10.5. The number of anilines is 1. The highest BCUT2D eigenvalue weighted by molar-refractivity contribution is 5.97. The van der Waals surface area contributed by atoms with Crippen molar-refractivity contribution in [3.8, 4) is 0 Å². The molecule has 2 N–H and O–H groups in total. The molecule has 0 unspecified atom stereocenters. The summed E-state index contributed by atoms with van der Waals surface area (Å²) in [4.78, 5) is 49.7. The minimum absolute atomic E-state index is 0.0892. The van der Waals surface area contributed by atoms with E-state index >= 15 is 0 Å². The van der Waals surface area contributed by atoms with Gasteiger partial charge in [-0.2, -0.15) is 0 Å². The standard InChI is InChI=1S/C27H34N2O7/c1-26(2,3)35-24(32)18-11-13-20(14-12-18)28-22(30)21(29-25(33)36-27(4,5)6)16-17-9-8-10-19(15-17)23(31)34-7/h8-15,21H,16H2,1-7H3,(H,28,30)(H,29,33)/t21-/m0/s1. The number of methoxy groups -OCH3 is 1. The van der Waals surface area contributed by atoms with Crippen LogP contribution in [0.25, 0.3) is 0 Å². The van der Waals surface area contributed by atoms with Crippen LogP contribution in [-0.2, 0) is 25.4 Å². The van der Waals surface area contributed by atoms with Crippen LogP contribution in [0.3, 0.4) is 0 Å². The van der Waals surface area contributed by atoms with Gasteiger partial charge in [-0.3, -0.25) is 4.79 Å². The number of carbonyl (C=O) groups excluding carboxylic acids is 4. The van der Waals surface area contributed by atoms with Gasteiger partial charge >= 0.3 is 18.0 Å². The monoisotopic (exact) mass is 498 g/mol. The Bertz CT molecular complexity index is 1100. The van der Waals surface area contributed by atoms with Crippen molar-refractivity contribution in [3.63, 3.8) is 0 Å². The van der Waals surface area contributed by atoms with Gasteiger partial charge in [0, 0.05) is 12.1 Å². The molecule has 0 heterocycles.